The molecule has 0 saturated carbocycles. The monoisotopic (exact) mass is 386 g/mol. The summed E-state index contributed by atoms with van der Waals surface area (Å²) in [5.74, 6) is 0.131. The fraction of sp³-hybridized carbons (Fsp3) is 0.0435. The fourth-order valence-corrected chi connectivity index (χ4v) is 3.22. The van der Waals surface area contributed by atoms with Crippen molar-refractivity contribution in [3.8, 4) is 17.4 Å². The third-order valence-corrected chi connectivity index (χ3v) is 4.68. The number of halogens is 1. The van der Waals surface area contributed by atoms with Gasteiger partial charge in [-0.15, -0.1) is 0 Å². The van der Waals surface area contributed by atoms with E-state index in [1.54, 1.807) is 18.2 Å². The number of benzene rings is 3. The Labute approximate surface area is 164 Å². The van der Waals surface area contributed by atoms with Crippen LogP contribution in [0.2, 0.25) is 0 Å². The van der Waals surface area contributed by atoms with Crippen LogP contribution in [0.25, 0.3) is 27.8 Å². The molecule has 3 aromatic carbocycles. The van der Waals surface area contributed by atoms with E-state index in [9.17, 15) is 9.18 Å². The molecule has 0 amide bonds. The van der Waals surface area contributed by atoms with Gasteiger partial charge in [0.1, 0.15) is 22.7 Å². The van der Waals surface area contributed by atoms with Crippen molar-refractivity contribution in [2.24, 2.45) is 0 Å². The van der Waals surface area contributed by atoms with Gasteiger partial charge < -0.3 is 9.15 Å². The maximum absolute atomic E-state index is 13.4. The Morgan fingerprint density at radius 3 is 2.45 bits per heavy atom. The summed E-state index contributed by atoms with van der Waals surface area (Å²) in [4.78, 5) is 17.9. The van der Waals surface area contributed by atoms with E-state index in [4.69, 9.17) is 9.15 Å². The molecule has 142 valence electrons. The Bertz CT molecular complexity index is 1400. The van der Waals surface area contributed by atoms with E-state index in [-0.39, 0.29) is 11.6 Å². The molecule has 0 bridgehead atoms. The highest BCUT2D eigenvalue weighted by Crippen LogP contribution is 2.29. The lowest BCUT2D eigenvalue weighted by Gasteiger charge is -2.12. The van der Waals surface area contributed by atoms with Gasteiger partial charge in [-0.05, 0) is 55.5 Å². The topological polar surface area (TPSA) is 57.3 Å². The van der Waals surface area contributed by atoms with E-state index >= 15 is 0 Å². The molecule has 29 heavy (non-hydrogen) atoms. The summed E-state index contributed by atoms with van der Waals surface area (Å²) in [7, 11) is 0. The number of ether oxygens (including phenoxy) is 1. The van der Waals surface area contributed by atoms with Crippen LogP contribution < -0.4 is 10.3 Å². The van der Waals surface area contributed by atoms with E-state index in [0.717, 1.165) is 10.9 Å². The molecule has 2 aromatic heterocycles. The summed E-state index contributed by atoms with van der Waals surface area (Å²) in [6.07, 6.45) is 0. The third-order valence-electron chi connectivity index (χ3n) is 4.68. The average molecular weight is 386 g/mol. The minimum Gasteiger partial charge on any atom is -0.448 e. The molecule has 0 unspecified atom stereocenters. The number of aromatic nitrogens is 2. The molecule has 0 atom stereocenters. The first-order chi connectivity index (χ1) is 14.1. The van der Waals surface area contributed by atoms with E-state index in [2.05, 4.69) is 4.98 Å². The predicted molar refractivity (Wildman–Crippen MR) is 108 cm³/mol. The molecule has 0 aliphatic carbocycles. The number of rotatable bonds is 3. The quantitative estimate of drug-likeness (QED) is 0.418. The van der Waals surface area contributed by atoms with Crippen LogP contribution in [0.3, 0.4) is 0 Å². The second kappa shape index (κ2) is 6.60. The summed E-state index contributed by atoms with van der Waals surface area (Å²) >= 11 is 0. The smallest absolute Gasteiger partial charge is 0.310 e. The second-order valence-corrected chi connectivity index (χ2v) is 6.70. The summed E-state index contributed by atoms with van der Waals surface area (Å²) in [5.41, 5.74) is 2.17. The van der Waals surface area contributed by atoms with Gasteiger partial charge in [0, 0.05) is 5.39 Å². The lowest BCUT2D eigenvalue weighted by Crippen LogP contribution is -2.20. The maximum Gasteiger partial charge on any atom is 0.310 e. The first-order valence-electron chi connectivity index (χ1n) is 9.05. The molecule has 5 rings (SSSR count). The molecule has 2 heterocycles. The van der Waals surface area contributed by atoms with Crippen molar-refractivity contribution in [3.63, 3.8) is 0 Å². The second-order valence-electron chi connectivity index (χ2n) is 6.70. The summed E-state index contributed by atoms with van der Waals surface area (Å²) in [6, 6.07) is 20.3. The van der Waals surface area contributed by atoms with Gasteiger partial charge in [-0.25, -0.2) is 8.96 Å². The summed E-state index contributed by atoms with van der Waals surface area (Å²) < 4.78 is 26.4. The minimum atomic E-state index is -0.431. The van der Waals surface area contributed by atoms with Gasteiger partial charge in [-0.2, -0.15) is 4.98 Å². The molecule has 0 aliphatic heterocycles. The molecule has 0 N–H and O–H groups in total. The van der Waals surface area contributed by atoms with Gasteiger partial charge in [-0.1, -0.05) is 29.8 Å². The third kappa shape index (κ3) is 2.95. The lowest BCUT2D eigenvalue weighted by molar-refractivity contribution is 0.426. The van der Waals surface area contributed by atoms with Crippen molar-refractivity contribution in [3.05, 3.63) is 94.5 Å². The highest BCUT2D eigenvalue weighted by Gasteiger charge is 2.20. The van der Waals surface area contributed by atoms with E-state index in [0.29, 0.717) is 22.5 Å². The fourth-order valence-electron chi connectivity index (χ4n) is 3.22. The van der Waals surface area contributed by atoms with Gasteiger partial charge in [0.2, 0.25) is 5.58 Å². The Morgan fingerprint density at radius 2 is 1.69 bits per heavy atom. The molecule has 6 heteroatoms. The van der Waals surface area contributed by atoms with Crippen LogP contribution in [0, 0.1) is 12.7 Å². The highest BCUT2D eigenvalue weighted by molar-refractivity contribution is 6.02. The number of furan rings is 1. The Morgan fingerprint density at radius 1 is 0.966 bits per heavy atom. The van der Waals surface area contributed by atoms with Crippen molar-refractivity contribution in [1.82, 2.24) is 9.55 Å². The predicted octanol–water partition coefficient (Wildman–Crippen LogP) is 5.37. The Hall–Kier alpha value is -3.93. The number of hydrogen-bond donors (Lipinski definition) is 0. The number of para-hydroxylation sites is 1. The van der Waals surface area contributed by atoms with Crippen LogP contribution in [0.5, 0.6) is 11.8 Å². The van der Waals surface area contributed by atoms with Crippen LogP contribution in [0.15, 0.2) is 82.0 Å². The summed E-state index contributed by atoms with van der Waals surface area (Å²) in [6.45, 7) is 1.97. The lowest BCUT2D eigenvalue weighted by atomic mass is 10.2. The molecule has 0 fully saturated rings. The zero-order valence-electron chi connectivity index (χ0n) is 15.4. The van der Waals surface area contributed by atoms with Crippen molar-refractivity contribution in [2.75, 3.05) is 0 Å². The van der Waals surface area contributed by atoms with Crippen molar-refractivity contribution in [2.45, 2.75) is 6.92 Å². The van der Waals surface area contributed by atoms with Crippen molar-refractivity contribution >= 4 is 22.1 Å². The number of nitrogens with zero attached hydrogens (tertiary/aromatic N) is 2. The van der Waals surface area contributed by atoms with Gasteiger partial charge in [-0.3, -0.25) is 4.79 Å². The highest BCUT2D eigenvalue weighted by atomic mass is 19.1. The molecule has 0 aliphatic rings. The van der Waals surface area contributed by atoms with Gasteiger partial charge in [0.25, 0.3) is 0 Å². The van der Waals surface area contributed by atoms with Crippen LogP contribution in [0.1, 0.15) is 5.56 Å². The van der Waals surface area contributed by atoms with Gasteiger partial charge in [0.15, 0.2) is 0 Å². The molecule has 0 spiro atoms. The molecule has 0 radical (unpaired) electrons. The average Bonchev–Trinajstić information content (AvgIpc) is 3.10. The number of hydrogen-bond acceptors (Lipinski definition) is 4. The zero-order chi connectivity index (χ0) is 20.0. The van der Waals surface area contributed by atoms with Gasteiger partial charge >= 0.3 is 11.6 Å². The first kappa shape index (κ1) is 17.2. The van der Waals surface area contributed by atoms with E-state index in [1.807, 2.05) is 37.3 Å². The minimum absolute atomic E-state index is 0.0736. The van der Waals surface area contributed by atoms with Crippen molar-refractivity contribution in [1.29, 1.82) is 0 Å². The van der Waals surface area contributed by atoms with Gasteiger partial charge in [0.05, 0.1) is 5.69 Å². The molecular weight excluding hydrogens is 371 g/mol. The SMILES string of the molecule is Cc1ccc(Oc2nc3c(oc4ccccc43)c(=O)n2-c2ccc(F)cc2)cc1. The molecular formula is C23H15FN2O3. The number of aryl methyl sites for hydroxylation is 1. The Kier molecular flexibility index (Phi) is 3.91. The van der Waals surface area contributed by atoms with Crippen LogP contribution in [0.4, 0.5) is 4.39 Å². The largest absolute Gasteiger partial charge is 0.448 e. The number of fused-ring (bicyclic) bond motifs is 3. The maximum atomic E-state index is 13.4. The normalized spacial score (nSPS) is 11.2. The first-order valence-corrected chi connectivity index (χ1v) is 9.05. The zero-order valence-corrected chi connectivity index (χ0v) is 15.4. The molecule has 5 nitrogen and oxygen atoms in total. The van der Waals surface area contributed by atoms with Crippen LogP contribution >= 0.6 is 0 Å². The van der Waals surface area contributed by atoms with Crippen LogP contribution in [-0.2, 0) is 0 Å². The summed E-state index contributed by atoms with van der Waals surface area (Å²) in [5, 5.41) is 0.722. The molecule has 5 aromatic rings. The van der Waals surface area contributed by atoms with E-state index in [1.165, 1.54) is 28.8 Å². The Balaban J connectivity index is 1.80. The van der Waals surface area contributed by atoms with Crippen LogP contribution in [-0.4, -0.2) is 9.55 Å². The van der Waals surface area contributed by atoms with E-state index < -0.39 is 11.4 Å². The standard InChI is InChI=1S/C23H15FN2O3/c1-14-6-12-17(13-7-14)28-23-25-20-18-4-2-3-5-19(18)29-21(20)22(27)26(23)16-10-8-15(24)9-11-16/h2-13H,1H3. The van der Waals surface area contributed by atoms with Crippen molar-refractivity contribution < 1.29 is 13.5 Å². The molecule has 0 saturated heterocycles.